The standard InChI is InChI=1S/C21H23N3O3/c1-21(2)11-16-19(18(25)12-21)20(13-7-3-6-10-17(13)24(26)27)23-15-9-5-4-8-14(15)22-16/h3-10,16,19-20,22-23H,11-12H2,1-2H3. The van der Waals surface area contributed by atoms with Crippen LogP contribution in [0.1, 0.15) is 38.3 Å². The van der Waals surface area contributed by atoms with Crippen molar-refractivity contribution in [3.8, 4) is 0 Å². The number of benzene rings is 2. The summed E-state index contributed by atoms with van der Waals surface area (Å²) in [7, 11) is 0. The third-order valence-electron chi connectivity index (χ3n) is 5.64. The van der Waals surface area contributed by atoms with Crippen molar-refractivity contribution in [3.63, 3.8) is 0 Å². The number of fused-ring (bicyclic) bond motifs is 2. The van der Waals surface area contributed by atoms with Gasteiger partial charge in [-0.25, -0.2) is 0 Å². The van der Waals surface area contributed by atoms with E-state index in [1.54, 1.807) is 18.2 Å². The number of nitro groups is 1. The van der Waals surface area contributed by atoms with Gasteiger partial charge >= 0.3 is 0 Å². The Morgan fingerprint density at radius 3 is 2.37 bits per heavy atom. The summed E-state index contributed by atoms with van der Waals surface area (Å²) in [4.78, 5) is 24.4. The minimum Gasteiger partial charge on any atom is -0.380 e. The minimum absolute atomic E-state index is 0.0470. The van der Waals surface area contributed by atoms with Gasteiger partial charge in [0.05, 0.1) is 33.8 Å². The molecule has 0 aromatic heterocycles. The first-order valence-electron chi connectivity index (χ1n) is 9.24. The first-order chi connectivity index (χ1) is 12.9. The van der Waals surface area contributed by atoms with Crippen LogP contribution in [0, 0.1) is 21.4 Å². The van der Waals surface area contributed by atoms with Crippen molar-refractivity contribution in [2.75, 3.05) is 10.6 Å². The van der Waals surface area contributed by atoms with Gasteiger partial charge in [0, 0.05) is 18.5 Å². The Balaban J connectivity index is 1.87. The van der Waals surface area contributed by atoms with Crippen LogP contribution in [0.15, 0.2) is 48.5 Å². The lowest BCUT2D eigenvalue weighted by Gasteiger charge is -2.41. The number of anilines is 2. The SMILES string of the molecule is CC1(C)CC(=O)C2C(C1)Nc1ccccc1NC2c1ccccc1[N+](=O)[O-]. The number of para-hydroxylation sites is 3. The second-order valence-electron chi connectivity index (χ2n) is 8.27. The summed E-state index contributed by atoms with van der Waals surface area (Å²) in [5.41, 5.74) is 2.30. The molecule has 140 valence electrons. The highest BCUT2D eigenvalue weighted by Crippen LogP contribution is 2.47. The summed E-state index contributed by atoms with van der Waals surface area (Å²) in [6.07, 6.45) is 1.31. The first kappa shape index (κ1) is 17.5. The van der Waals surface area contributed by atoms with Gasteiger partial charge < -0.3 is 10.6 Å². The van der Waals surface area contributed by atoms with Crippen molar-refractivity contribution in [1.82, 2.24) is 0 Å². The lowest BCUT2D eigenvalue weighted by atomic mass is 9.66. The van der Waals surface area contributed by atoms with Crippen LogP contribution in [0.2, 0.25) is 0 Å². The molecule has 6 nitrogen and oxygen atoms in total. The molecule has 2 aliphatic rings. The molecule has 0 amide bonds. The molecular weight excluding hydrogens is 342 g/mol. The Morgan fingerprint density at radius 2 is 1.67 bits per heavy atom. The van der Waals surface area contributed by atoms with E-state index >= 15 is 0 Å². The average molecular weight is 365 g/mol. The molecule has 0 radical (unpaired) electrons. The van der Waals surface area contributed by atoms with Crippen LogP contribution in [0.5, 0.6) is 0 Å². The normalized spacial score (nSPS) is 26.0. The van der Waals surface area contributed by atoms with Gasteiger partial charge in [0.15, 0.2) is 0 Å². The quantitative estimate of drug-likeness (QED) is 0.602. The molecule has 0 spiro atoms. The van der Waals surface area contributed by atoms with Crippen LogP contribution in [-0.2, 0) is 4.79 Å². The molecule has 1 fully saturated rings. The van der Waals surface area contributed by atoms with E-state index in [4.69, 9.17) is 0 Å². The minimum atomic E-state index is -0.448. The van der Waals surface area contributed by atoms with Crippen LogP contribution in [0.25, 0.3) is 0 Å². The highest BCUT2D eigenvalue weighted by molar-refractivity contribution is 5.87. The highest BCUT2D eigenvalue weighted by Gasteiger charge is 2.47. The Bertz CT molecular complexity index is 909. The van der Waals surface area contributed by atoms with Gasteiger partial charge in [0.1, 0.15) is 5.78 Å². The zero-order valence-corrected chi connectivity index (χ0v) is 15.4. The summed E-state index contributed by atoms with van der Waals surface area (Å²) >= 11 is 0. The number of nitrogens with one attached hydrogen (secondary N) is 2. The molecule has 2 N–H and O–H groups in total. The third kappa shape index (κ3) is 3.16. The molecule has 1 aliphatic carbocycles. The Kier molecular flexibility index (Phi) is 4.13. The fraction of sp³-hybridized carbons (Fsp3) is 0.381. The van der Waals surface area contributed by atoms with Crippen LogP contribution < -0.4 is 10.6 Å². The molecule has 0 saturated heterocycles. The lowest BCUT2D eigenvalue weighted by Crippen LogP contribution is -2.47. The van der Waals surface area contributed by atoms with Gasteiger partial charge in [-0.15, -0.1) is 0 Å². The smallest absolute Gasteiger partial charge is 0.274 e. The summed E-state index contributed by atoms with van der Waals surface area (Å²) in [5, 5.41) is 18.6. The number of ketones is 1. The number of Topliss-reactive ketones (excluding diaryl/α,β-unsaturated/α-hetero) is 1. The topological polar surface area (TPSA) is 84.3 Å². The highest BCUT2D eigenvalue weighted by atomic mass is 16.6. The van der Waals surface area contributed by atoms with Gasteiger partial charge in [-0.1, -0.05) is 44.2 Å². The molecule has 27 heavy (non-hydrogen) atoms. The summed E-state index contributed by atoms with van der Waals surface area (Å²) in [5.74, 6) is -0.223. The molecule has 6 heteroatoms. The molecule has 1 aliphatic heterocycles. The van der Waals surface area contributed by atoms with Gasteiger partial charge in [0.25, 0.3) is 5.69 Å². The van der Waals surface area contributed by atoms with Crippen LogP contribution in [0.3, 0.4) is 0 Å². The van der Waals surface area contributed by atoms with E-state index in [2.05, 4.69) is 24.5 Å². The molecule has 2 aromatic rings. The van der Waals surface area contributed by atoms with E-state index < -0.39 is 6.04 Å². The number of rotatable bonds is 2. The first-order valence-corrected chi connectivity index (χ1v) is 9.24. The number of nitrogens with zero attached hydrogens (tertiary/aromatic N) is 1. The van der Waals surface area contributed by atoms with E-state index in [9.17, 15) is 14.9 Å². The maximum atomic E-state index is 13.2. The van der Waals surface area contributed by atoms with Crippen LogP contribution in [0.4, 0.5) is 17.1 Å². The predicted molar refractivity (Wildman–Crippen MR) is 105 cm³/mol. The summed E-state index contributed by atoms with van der Waals surface area (Å²) in [6.45, 7) is 4.21. The van der Waals surface area contributed by atoms with Crippen molar-refractivity contribution in [2.45, 2.75) is 38.8 Å². The third-order valence-corrected chi connectivity index (χ3v) is 5.64. The molecular formula is C21H23N3O3. The lowest BCUT2D eigenvalue weighted by molar-refractivity contribution is -0.385. The Hall–Kier alpha value is -2.89. The zero-order chi connectivity index (χ0) is 19.2. The fourth-order valence-corrected chi connectivity index (χ4v) is 4.55. The van der Waals surface area contributed by atoms with Crippen molar-refractivity contribution in [3.05, 3.63) is 64.2 Å². The van der Waals surface area contributed by atoms with Crippen molar-refractivity contribution < 1.29 is 9.72 Å². The Labute approximate surface area is 158 Å². The molecule has 2 aromatic carbocycles. The van der Waals surface area contributed by atoms with E-state index in [0.717, 1.165) is 17.8 Å². The van der Waals surface area contributed by atoms with Gasteiger partial charge in [0.2, 0.25) is 0 Å². The van der Waals surface area contributed by atoms with Crippen molar-refractivity contribution in [1.29, 1.82) is 0 Å². The molecule has 0 bridgehead atoms. The summed E-state index contributed by atoms with van der Waals surface area (Å²) in [6, 6.07) is 14.0. The van der Waals surface area contributed by atoms with E-state index in [1.165, 1.54) is 6.07 Å². The number of carbonyl (C=O) groups is 1. The number of carbonyl (C=O) groups excluding carboxylic acids is 1. The molecule has 3 atom stereocenters. The summed E-state index contributed by atoms with van der Waals surface area (Å²) < 4.78 is 0. The Morgan fingerprint density at radius 1 is 1.04 bits per heavy atom. The molecule has 1 saturated carbocycles. The monoisotopic (exact) mass is 365 g/mol. The van der Waals surface area contributed by atoms with Crippen molar-refractivity contribution >= 4 is 22.8 Å². The second-order valence-corrected chi connectivity index (χ2v) is 8.27. The predicted octanol–water partition coefficient (Wildman–Crippen LogP) is 4.55. The van der Waals surface area contributed by atoms with Crippen molar-refractivity contribution in [2.24, 2.45) is 11.3 Å². The second kappa shape index (κ2) is 6.37. The molecule has 4 rings (SSSR count). The maximum Gasteiger partial charge on any atom is 0.274 e. The van der Waals surface area contributed by atoms with Crippen LogP contribution >= 0.6 is 0 Å². The van der Waals surface area contributed by atoms with Gasteiger partial charge in [-0.05, 0) is 24.0 Å². The maximum absolute atomic E-state index is 13.2. The van der Waals surface area contributed by atoms with Gasteiger partial charge in [-0.2, -0.15) is 0 Å². The van der Waals surface area contributed by atoms with E-state index in [1.807, 2.05) is 24.3 Å². The zero-order valence-electron chi connectivity index (χ0n) is 15.4. The number of hydrogen-bond donors (Lipinski definition) is 2. The average Bonchev–Trinajstić information content (AvgIpc) is 2.76. The largest absolute Gasteiger partial charge is 0.380 e. The molecule has 1 heterocycles. The van der Waals surface area contributed by atoms with E-state index in [-0.39, 0.29) is 33.8 Å². The van der Waals surface area contributed by atoms with E-state index in [0.29, 0.717) is 12.0 Å². The van der Waals surface area contributed by atoms with Crippen LogP contribution in [-0.4, -0.2) is 16.7 Å². The van der Waals surface area contributed by atoms with Gasteiger partial charge in [-0.3, -0.25) is 14.9 Å². The molecule has 3 unspecified atom stereocenters. The fourth-order valence-electron chi connectivity index (χ4n) is 4.55. The number of hydrogen-bond acceptors (Lipinski definition) is 5. The number of nitro benzene ring substituents is 1.